The first-order valence-electron chi connectivity index (χ1n) is 6.27. The minimum Gasteiger partial charge on any atom is -0.337 e. The molecule has 2 heterocycles. The van der Waals surface area contributed by atoms with Gasteiger partial charge in [0, 0.05) is 37.4 Å². The van der Waals surface area contributed by atoms with Crippen molar-refractivity contribution in [2.75, 3.05) is 13.1 Å². The van der Waals surface area contributed by atoms with Gasteiger partial charge in [-0.15, -0.1) is 0 Å². The second kappa shape index (κ2) is 4.45. The fourth-order valence-corrected chi connectivity index (χ4v) is 2.21. The molecule has 0 atom stereocenters. The van der Waals surface area contributed by atoms with Crippen LogP contribution in [-0.4, -0.2) is 34.9 Å². The van der Waals surface area contributed by atoms with Crippen molar-refractivity contribution in [3.63, 3.8) is 0 Å². The Labute approximate surface area is 101 Å². The summed E-state index contributed by atoms with van der Waals surface area (Å²) in [5.74, 6) is 0.214. The molecule has 1 aromatic rings. The van der Waals surface area contributed by atoms with E-state index in [2.05, 4.69) is 16.4 Å². The van der Waals surface area contributed by atoms with Crippen LogP contribution in [0.4, 0.5) is 0 Å². The first-order chi connectivity index (χ1) is 8.33. The van der Waals surface area contributed by atoms with E-state index in [0.29, 0.717) is 19.1 Å². The van der Waals surface area contributed by atoms with E-state index in [9.17, 15) is 4.79 Å². The van der Waals surface area contributed by atoms with E-state index in [1.165, 1.54) is 18.4 Å². The maximum absolute atomic E-state index is 12.0. The van der Waals surface area contributed by atoms with Gasteiger partial charge in [0.2, 0.25) is 5.91 Å². The van der Waals surface area contributed by atoms with Gasteiger partial charge in [0.15, 0.2) is 0 Å². The average molecular weight is 231 g/mol. The number of nitrogens with one attached hydrogen (secondary N) is 1. The lowest BCUT2D eigenvalue weighted by Gasteiger charge is -2.28. The number of nitrogens with zero attached hydrogens (tertiary/aromatic N) is 2. The molecule has 1 N–H and O–H groups in total. The lowest BCUT2D eigenvalue weighted by atomic mass is 10.1. The number of pyridine rings is 1. The molecule has 1 fully saturated rings. The van der Waals surface area contributed by atoms with Crippen molar-refractivity contribution >= 4 is 5.91 Å². The molecule has 0 saturated heterocycles. The van der Waals surface area contributed by atoms with Gasteiger partial charge in [-0.3, -0.25) is 9.78 Å². The van der Waals surface area contributed by atoms with Crippen molar-refractivity contribution in [2.24, 2.45) is 0 Å². The predicted molar refractivity (Wildman–Crippen MR) is 64.4 cm³/mol. The topological polar surface area (TPSA) is 45.2 Å². The van der Waals surface area contributed by atoms with Crippen LogP contribution in [-0.2, 0) is 17.8 Å². The zero-order valence-corrected chi connectivity index (χ0v) is 9.85. The molecule has 1 aromatic heterocycles. The number of aromatic nitrogens is 1. The summed E-state index contributed by atoms with van der Waals surface area (Å²) in [4.78, 5) is 18.3. The molecular weight excluding hydrogens is 214 g/mol. The molecule has 1 aliphatic carbocycles. The number of fused-ring (bicyclic) bond motifs is 1. The van der Waals surface area contributed by atoms with Crippen molar-refractivity contribution in [1.29, 1.82) is 0 Å². The molecule has 3 rings (SSSR count). The van der Waals surface area contributed by atoms with Gasteiger partial charge in [0.05, 0.1) is 6.54 Å². The third kappa shape index (κ3) is 2.47. The normalized spacial score (nSPS) is 18.9. The summed E-state index contributed by atoms with van der Waals surface area (Å²) < 4.78 is 0. The maximum Gasteiger partial charge on any atom is 0.236 e. The Morgan fingerprint density at radius 1 is 1.53 bits per heavy atom. The average Bonchev–Trinajstić information content (AvgIpc) is 3.19. The zero-order valence-electron chi connectivity index (χ0n) is 9.85. The number of amides is 1. The minimum atomic E-state index is 0.214. The molecule has 2 aliphatic rings. The molecule has 17 heavy (non-hydrogen) atoms. The molecule has 0 aromatic carbocycles. The summed E-state index contributed by atoms with van der Waals surface area (Å²) in [7, 11) is 0. The molecule has 1 saturated carbocycles. The van der Waals surface area contributed by atoms with Crippen LogP contribution >= 0.6 is 0 Å². The highest BCUT2D eigenvalue weighted by molar-refractivity contribution is 5.78. The van der Waals surface area contributed by atoms with Crippen LogP contribution in [0.25, 0.3) is 0 Å². The molecule has 90 valence electrons. The van der Waals surface area contributed by atoms with E-state index >= 15 is 0 Å². The molecule has 1 amide bonds. The minimum absolute atomic E-state index is 0.214. The van der Waals surface area contributed by atoms with E-state index in [1.54, 1.807) is 0 Å². The van der Waals surface area contributed by atoms with Crippen molar-refractivity contribution in [3.05, 3.63) is 29.6 Å². The lowest BCUT2D eigenvalue weighted by molar-refractivity contribution is -0.131. The zero-order chi connectivity index (χ0) is 11.7. The fourth-order valence-electron chi connectivity index (χ4n) is 2.21. The molecule has 1 aliphatic heterocycles. The van der Waals surface area contributed by atoms with Crippen LogP contribution in [0.3, 0.4) is 0 Å². The van der Waals surface area contributed by atoms with Crippen LogP contribution in [0, 0.1) is 0 Å². The Kier molecular flexibility index (Phi) is 2.81. The number of rotatable bonds is 3. The SMILES string of the molecule is O=C(CNC1CC1)N1CCc2ncccc2C1. The Balaban J connectivity index is 1.60. The van der Waals surface area contributed by atoms with Gasteiger partial charge in [0.1, 0.15) is 0 Å². The molecule has 0 radical (unpaired) electrons. The van der Waals surface area contributed by atoms with E-state index < -0.39 is 0 Å². The van der Waals surface area contributed by atoms with Crippen molar-refractivity contribution in [2.45, 2.75) is 31.8 Å². The summed E-state index contributed by atoms with van der Waals surface area (Å²) in [6.45, 7) is 2.00. The largest absolute Gasteiger partial charge is 0.337 e. The number of hydrogen-bond acceptors (Lipinski definition) is 3. The van der Waals surface area contributed by atoms with Gasteiger partial charge in [-0.25, -0.2) is 0 Å². The van der Waals surface area contributed by atoms with Gasteiger partial charge in [-0.2, -0.15) is 0 Å². The highest BCUT2D eigenvalue weighted by Gasteiger charge is 2.24. The first kappa shape index (κ1) is 10.7. The Hall–Kier alpha value is -1.42. The van der Waals surface area contributed by atoms with E-state index in [-0.39, 0.29) is 5.91 Å². The predicted octanol–water partition coefficient (Wildman–Crippen LogP) is 0.718. The highest BCUT2D eigenvalue weighted by Crippen LogP contribution is 2.19. The van der Waals surface area contributed by atoms with Gasteiger partial charge in [-0.1, -0.05) is 6.07 Å². The van der Waals surface area contributed by atoms with Crippen LogP contribution in [0.1, 0.15) is 24.1 Å². The Bertz CT molecular complexity index is 428. The maximum atomic E-state index is 12.0. The summed E-state index contributed by atoms with van der Waals surface area (Å²) in [5.41, 5.74) is 2.34. The second-order valence-corrected chi connectivity index (χ2v) is 4.83. The molecule has 0 unspecified atom stereocenters. The third-order valence-electron chi connectivity index (χ3n) is 3.44. The Morgan fingerprint density at radius 3 is 3.24 bits per heavy atom. The lowest BCUT2D eigenvalue weighted by Crippen LogP contribution is -2.41. The van der Waals surface area contributed by atoms with Crippen LogP contribution < -0.4 is 5.32 Å². The fraction of sp³-hybridized carbons (Fsp3) is 0.538. The van der Waals surface area contributed by atoms with Crippen LogP contribution in [0.15, 0.2) is 18.3 Å². The molecule has 4 heteroatoms. The molecule has 0 bridgehead atoms. The van der Waals surface area contributed by atoms with Crippen molar-refractivity contribution in [1.82, 2.24) is 15.2 Å². The van der Waals surface area contributed by atoms with E-state index in [0.717, 1.165) is 18.7 Å². The highest BCUT2D eigenvalue weighted by atomic mass is 16.2. The first-order valence-corrected chi connectivity index (χ1v) is 6.27. The van der Waals surface area contributed by atoms with Crippen molar-refractivity contribution in [3.8, 4) is 0 Å². The van der Waals surface area contributed by atoms with Gasteiger partial charge in [0.25, 0.3) is 0 Å². The van der Waals surface area contributed by atoms with Crippen LogP contribution in [0.2, 0.25) is 0 Å². The molecule has 4 nitrogen and oxygen atoms in total. The third-order valence-corrected chi connectivity index (χ3v) is 3.44. The summed E-state index contributed by atoms with van der Waals surface area (Å²) in [5, 5.41) is 3.27. The van der Waals surface area contributed by atoms with Gasteiger partial charge < -0.3 is 10.2 Å². The standard InChI is InChI=1S/C13H17N3O/c17-13(8-15-11-3-4-11)16-7-5-12-10(9-16)2-1-6-14-12/h1-2,6,11,15H,3-5,7-9H2. The number of carbonyl (C=O) groups is 1. The van der Waals surface area contributed by atoms with Crippen molar-refractivity contribution < 1.29 is 4.79 Å². The molecular formula is C13H17N3O. The second-order valence-electron chi connectivity index (χ2n) is 4.83. The summed E-state index contributed by atoms with van der Waals surface area (Å²) in [6.07, 6.45) is 5.15. The molecule has 0 spiro atoms. The van der Waals surface area contributed by atoms with E-state index in [4.69, 9.17) is 0 Å². The van der Waals surface area contributed by atoms with Gasteiger partial charge in [-0.05, 0) is 24.5 Å². The Morgan fingerprint density at radius 2 is 2.41 bits per heavy atom. The summed E-state index contributed by atoms with van der Waals surface area (Å²) in [6, 6.07) is 4.60. The number of hydrogen-bond donors (Lipinski definition) is 1. The monoisotopic (exact) mass is 231 g/mol. The van der Waals surface area contributed by atoms with Gasteiger partial charge >= 0.3 is 0 Å². The van der Waals surface area contributed by atoms with Crippen LogP contribution in [0.5, 0.6) is 0 Å². The van der Waals surface area contributed by atoms with E-state index in [1.807, 2.05) is 17.2 Å². The quantitative estimate of drug-likeness (QED) is 0.833. The summed E-state index contributed by atoms with van der Waals surface area (Å²) >= 11 is 0. The number of carbonyl (C=O) groups excluding carboxylic acids is 1. The smallest absolute Gasteiger partial charge is 0.236 e.